The van der Waals surface area contributed by atoms with E-state index in [1.165, 1.54) is 0 Å². The van der Waals surface area contributed by atoms with Gasteiger partial charge in [0.2, 0.25) is 0 Å². The van der Waals surface area contributed by atoms with Crippen LogP contribution in [0.25, 0.3) is 0 Å². The average molecular weight is 329 g/mol. The zero-order chi connectivity index (χ0) is 16.9. The van der Waals surface area contributed by atoms with Gasteiger partial charge in [-0.1, -0.05) is 32.0 Å². The third kappa shape index (κ3) is 3.97. The van der Waals surface area contributed by atoms with Crippen LogP contribution in [0.1, 0.15) is 48.9 Å². The molecule has 3 rings (SSSR count). The molecule has 1 N–H and O–H groups in total. The van der Waals surface area contributed by atoms with Crippen LogP contribution < -0.4 is 5.32 Å². The Labute approximate surface area is 141 Å². The third-order valence-electron chi connectivity index (χ3n) is 4.13. The van der Waals surface area contributed by atoms with Crippen molar-refractivity contribution in [2.75, 3.05) is 6.61 Å². The van der Waals surface area contributed by atoms with Gasteiger partial charge in [-0.3, -0.25) is 4.79 Å². The van der Waals surface area contributed by atoms with Crippen molar-refractivity contribution in [1.29, 1.82) is 0 Å². The fourth-order valence-electron chi connectivity index (χ4n) is 2.77. The second-order valence-corrected chi connectivity index (χ2v) is 6.40. The summed E-state index contributed by atoms with van der Waals surface area (Å²) in [7, 11) is 0. The van der Waals surface area contributed by atoms with Gasteiger partial charge in [0.25, 0.3) is 5.91 Å². The molecule has 1 aliphatic heterocycles. The predicted octanol–water partition coefficient (Wildman–Crippen LogP) is 1.98. The van der Waals surface area contributed by atoms with E-state index in [1.54, 1.807) is 16.9 Å². The van der Waals surface area contributed by atoms with Crippen molar-refractivity contribution in [2.45, 2.75) is 45.4 Å². The van der Waals surface area contributed by atoms with Gasteiger partial charge in [-0.2, -0.15) is 4.80 Å². The number of carbonyl (C=O) groups excluding carboxylic acids is 1. The van der Waals surface area contributed by atoms with Crippen LogP contribution in [0.3, 0.4) is 0 Å². The highest BCUT2D eigenvalue weighted by molar-refractivity contribution is 5.94. The molecule has 0 unspecified atom stereocenters. The number of nitrogens with zero attached hydrogens (tertiary/aromatic N) is 4. The molecule has 128 valence electrons. The van der Waals surface area contributed by atoms with Crippen LogP contribution in [0.4, 0.5) is 0 Å². The van der Waals surface area contributed by atoms with Gasteiger partial charge in [0.05, 0.1) is 18.7 Å². The number of ether oxygens (including phenoxy) is 1. The summed E-state index contributed by atoms with van der Waals surface area (Å²) in [4.78, 5) is 14.0. The first-order valence-corrected chi connectivity index (χ1v) is 8.38. The predicted molar refractivity (Wildman–Crippen MR) is 88.3 cm³/mol. The van der Waals surface area contributed by atoms with E-state index in [0.717, 1.165) is 19.4 Å². The molecule has 7 heteroatoms. The maximum Gasteiger partial charge on any atom is 0.251 e. The van der Waals surface area contributed by atoms with Crippen LogP contribution in [0.5, 0.6) is 0 Å². The van der Waals surface area contributed by atoms with Crippen molar-refractivity contribution in [3.8, 4) is 0 Å². The number of nitrogens with one attached hydrogen (secondary N) is 1. The Hall–Kier alpha value is -2.28. The van der Waals surface area contributed by atoms with Crippen LogP contribution in [-0.4, -0.2) is 38.8 Å². The molecule has 2 heterocycles. The average Bonchev–Trinajstić information content (AvgIpc) is 3.25. The van der Waals surface area contributed by atoms with Crippen LogP contribution in [-0.2, 0) is 11.3 Å². The fraction of sp³-hybridized carbons (Fsp3) is 0.529. The molecule has 1 aromatic carbocycles. The number of rotatable bonds is 6. The van der Waals surface area contributed by atoms with Crippen molar-refractivity contribution < 1.29 is 9.53 Å². The molecule has 0 spiro atoms. The molecule has 2 aromatic rings. The lowest BCUT2D eigenvalue weighted by Gasteiger charge is -2.19. The number of hydrogen-bond donors (Lipinski definition) is 1. The van der Waals surface area contributed by atoms with Crippen molar-refractivity contribution >= 4 is 5.91 Å². The summed E-state index contributed by atoms with van der Waals surface area (Å²) >= 11 is 0. The van der Waals surface area contributed by atoms with Gasteiger partial charge in [-0.15, -0.1) is 10.2 Å². The highest BCUT2D eigenvalue weighted by Crippen LogP contribution is 2.19. The van der Waals surface area contributed by atoms with Gasteiger partial charge in [-0.05, 0) is 36.1 Å². The first kappa shape index (κ1) is 16.6. The molecule has 7 nitrogen and oxygen atoms in total. The van der Waals surface area contributed by atoms with Crippen LogP contribution in [0.2, 0.25) is 0 Å². The van der Waals surface area contributed by atoms with E-state index in [0.29, 0.717) is 17.9 Å². The van der Waals surface area contributed by atoms with Crippen molar-refractivity contribution in [2.24, 2.45) is 5.92 Å². The molecule has 0 saturated carbocycles. The number of benzene rings is 1. The number of amides is 1. The molecule has 1 aromatic heterocycles. The van der Waals surface area contributed by atoms with E-state index < -0.39 is 0 Å². The standard InChI is InChI=1S/C17H23N5O2/c1-12(2)15(18-17(23)13-7-4-3-5-8-13)16-19-21-22(20-16)11-14-9-6-10-24-14/h3-5,7-8,12,14-15H,6,9-11H2,1-2H3,(H,18,23)/t14-,15+/m0/s1. The first-order valence-electron chi connectivity index (χ1n) is 8.38. The topological polar surface area (TPSA) is 81.9 Å². The van der Waals surface area contributed by atoms with Gasteiger partial charge in [0, 0.05) is 12.2 Å². The minimum absolute atomic E-state index is 0.134. The molecule has 1 amide bonds. The summed E-state index contributed by atoms with van der Waals surface area (Å²) in [5.74, 6) is 0.551. The summed E-state index contributed by atoms with van der Waals surface area (Å²) in [5.41, 5.74) is 0.620. The molecule has 1 aliphatic rings. The Morgan fingerprint density at radius 3 is 2.83 bits per heavy atom. The zero-order valence-corrected chi connectivity index (χ0v) is 14.1. The quantitative estimate of drug-likeness (QED) is 0.876. The van der Waals surface area contributed by atoms with Crippen molar-refractivity contribution in [3.63, 3.8) is 0 Å². The number of carbonyl (C=O) groups is 1. The smallest absolute Gasteiger partial charge is 0.251 e. The highest BCUT2D eigenvalue weighted by Gasteiger charge is 2.25. The molecular formula is C17H23N5O2. The van der Waals surface area contributed by atoms with Gasteiger partial charge in [-0.25, -0.2) is 0 Å². The van der Waals surface area contributed by atoms with Gasteiger partial charge in [0.1, 0.15) is 0 Å². The molecule has 1 saturated heterocycles. The second-order valence-electron chi connectivity index (χ2n) is 6.40. The van der Waals surface area contributed by atoms with E-state index in [-0.39, 0.29) is 24.0 Å². The van der Waals surface area contributed by atoms with Crippen LogP contribution >= 0.6 is 0 Å². The molecule has 2 atom stereocenters. The summed E-state index contributed by atoms with van der Waals surface area (Å²) in [6, 6.07) is 8.86. The van der Waals surface area contributed by atoms with Crippen molar-refractivity contribution in [3.05, 3.63) is 41.7 Å². The summed E-state index contributed by atoms with van der Waals surface area (Å²) < 4.78 is 5.60. The number of tetrazole rings is 1. The van der Waals surface area contributed by atoms with Gasteiger partial charge < -0.3 is 10.1 Å². The monoisotopic (exact) mass is 329 g/mol. The molecule has 1 fully saturated rings. The summed E-state index contributed by atoms with van der Waals surface area (Å²) in [6.45, 7) is 5.45. The number of hydrogen-bond acceptors (Lipinski definition) is 5. The lowest BCUT2D eigenvalue weighted by molar-refractivity contribution is 0.0891. The van der Waals surface area contributed by atoms with Gasteiger partial charge in [0.15, 0.2) is 5.82 Å². The minimum Gasteiger partial charge on any atom is -0.376 e. The van der Waals surface area contributed by atoms with E-state index in [4.69, 9.17) is 4.74 Å². The van der Waals surface area contributed by atoms with E-state index >= 15 is 0 Å². The molecule has 24 heavy (non-hydrogen) atoms. The minimum atomic E-state index is -0.282. The van der Waals surface area contributed by atoms with Gasteiger partial charge >= 0.3 is 0 Å². The summed E-state index contributed by atoms with van der Waals surface area (Å²) in [5, 5.41) is 15.7. The number of aromatic nitrogens is 4. The first-order chi connectivity index (χ1) is 11.6. The normalized spacial score (nSPS) is 18.7. The molecule has 0 bridgehead atoms. The molecule has 0 radical (unpaired) electrons. The Balaban J connectivity index is 1.69. The Morgan fingerprint density at radius 1 is 1.38 bits per heavy atom. The second kappa shape index (κ2) is 7.53. The maximum atomic E-state index is 12.4. The molecule has 0 aliphatic carbocycles. The highest BCUT2D eigenvalue weighted by atomic mass is 16.5. The Morgan fingerprint density at radius 2 is 2.17 bits per heavy atom. The zero-order valence-electron chi connectivity index (χ0n) is 14.1. The Bertz CT molecular complexity index is 665. The largest absolute Gasteiger partial charge is 0.376 e. The van der Waals surface area contributed by atoms with Crippen LogP contribution in [0.15, 0.2) is 30.3 Å². The van der Waals surface area contributed by atoms with E-state index in [2.05, 4.69) is 20.7 Å². The Kier molecular flexibility index (Phi) is 5.20. The van der Waals surface area contributed by atoms with E-state index in [9.17, 15) is 4.79 Å². The fourth-order valence-corrected chi connectivity index (χ4v) is 2.77. The third-order valence-corrected chi connectivity index (χ3v) is 4.13. The SMILES string of the molecule is CC(C)[C@@H](NC(=O)c1ccccc1)c1nnn(C[C@@H]2CCCO2)n1. The maximum absolute atomic E-state index is 12.4. The van der Waals surface area contributed by atoms with E-state index in [1.807, 2.05) is 32.0 Å². The van der Waals surface area contributed by atoms with Crippen LogP contribution in [0, 0.1) is 5.92 Å². The molecular weight excluding hydrogens is 306 g/mol. The lowest BCUT2D eigenvalue weighted by Crippen LogP contribution is -2.32. The van der Waals surface area contributed by atoms with Crippen molar-refractivity contribution in [1.82, 2.24) is 25.5 Å². The summed E-state index contributed by atoms with van der Waals surface area (Å²) in [6.07, 6.45) is 2.26. The lowest BCUT2D eigenvalue weighted by atomic mass is 10.0.